The minimum atomic E-state index is 0.450. The van der Waals surface area contributed by atoms with Crippen LogP contribution >= 0.6 is 0 Å². The van der Waals surface area contributed by atoms with Crippen LogP contribution in [0.25, 0.3) is 0 Å². The quantitative estimate of drug-likeness (QED) is 0.514. The van der Waals surface area contributed by atoms with Crippen LogP contribution in [0.15, 0.2) is 53.5 Å². The highest BCUT2D eigenvalue weighted by Gasteiger charge is 2.10. The van der Waals surface area contributed by atoms with E-state index in [0.29, 0.717) is 12.5 Å². The van der Waals surface area contributed by atoms with Gasteiger partial charge in [0, 0.05) is 18.8 Å². The van der Waals surface area contributed by atoms with Gasteiger partial charge in [-0.05, 0) is 74.2 Å². The molecule has 0 aliphatic carbocycles. The molecule has 0 amide bonds. The van der Waals surface area contributed by atoms with Gasteiger partial charge in [-0.3, -0.25) is 9.89 Å². The summed E-state index contributed by atoms with van der Waals surface area (Å²) in [6.07, 6.45) is 4.53. The topological polar surface area (TPSA) is 62.9 Å². The van der Waals surface area contributed by atoms with Crippen molar-refractivity contribution in [3.05, 3.63) is 59.7 Å². The molecule has 2 aromatic rings. The number of hydrogen-bond donors (Lipinski definition) is 2. The van der Waals surface area contributed by atoms with Gasteiger partial charge in [0.25, 0.3) is 0 Å². The average Bonchev–Trinajstić information content (AvgIpc) is 3.23. The largest absolute Gasteiger partial charge is 0.492 e. The van der Waals surface area contributed by atoms with Crippen LogP contribution in [0.4, 0.5) is 5.69 Å². The van der Waals surface area contributed by atoms with Crippen molar-refractivity contribution in [1.29, 1.82) is 0 Å². The number of benzene rings is 2. The third-order valence-electron chi connectivity index (χ3n) is 5.12. The highest BCUT2D eigenvalue weighted by atomic mass is 16.5. The van der Waals surface area contributed by atoms with Crippen LogP contribution < -0.4 is 15.8 Å². The van der Waals surface area contributed by atoms with Gasteiger partial charge in [0.1, 0.15) is 12.4 Å². The lowest BCUT2D eigenvalue weighted by Gasteiger charge is -2.15. The molecule has 1 aliphatic rings. The second-order valence-electron chi connectivity index (χ2n) is 7.23. The number of likely N-dealkylation sites (tertiary alicyclic amines) is 1. The van der Waals surface area contributed by atoms with E-state index in [1.54, 1.807) is 0 Å². The molecule has 2 aromatic carbocycles. The molecule has 1 fully saturated rings. The minimum absolute atomic E-state index is 0.450. The Bertz CT molecular complexity index is 734. The zero-order valence-electron chi connectivity index (χ0n) is 16.9. The van der Waals surface area contributed by atoms with Crippen LogP contribution in [0.2, 0.25) is 0 Å². The molecule has 1 heterocycles. The summed E-state index contributed by atoms with van der Waals surface area (Å²) in [6, 6.07) is 16.6. The average molecular weight is 381 g/mol. The first-order valence-electron chi connectivity index (χ1n) is 10.3. The standard InChI is InChI=1S/C23H32N4O/c1-2-19-5-9-21(10-6-19)26-23(24)25-14-13-20-7-11-22(12-8-20)28-18-17-27-15-3-4-16-27/h5-12H,2-4,13-18H2,1H3,(H3,24,25,26). The van der Waals surface area contributed by atoms with Crippen LogP contribution in [0.1, 0.15) is 30.9 Å². The number of hydrogen-bond acceptors (Lipinski definition) is 3. The first kappa shape index (κ1) is 20.2. The number of aliphatic imine (C=N–C) groups is 1. The zero-order valence-corrected chi connectivity index (χ0v) is 16.9. The highest BCUT2D eigenvalue weighted by Crippen LogP contribution is 2.14. The van der Waals surface area contributed by atoms with E-state index in [4.69, 9.17) is 10.5 Å². The molecule has 5 heteroatoms. The number of nitrogens with two attached hydrogens (primary N) is 1. The normalized spacial score (nSPS) is 15.0. The molecule has 0 saturated carbocycles. The van der Waals surface area contributed by atoms with E-state index in [1.165, 1.54) is 37.1 Å². The number of aryl methyl sites for hydroxylation is 1. The third-order valence-corrected chi connectivity index (χ3v) is 5.12. The zero-order chi connectivity index (χ0) is 19.6. The third kappa shape index (κ3) is 6.57. The molecule has 5 nitrogen and oxygen atoms in total. The van der Waals surface area contributed by atoms with Crippen LogP contribution in [-0.4, -0.2) is 43.6 Å². The van der Waals surface area contributed by atoms with Gasteiger partial charge in [0.05, 0.1) is 0 Å². The van der Waals surface area contributed by atoms with E-state index in [2.05, 4.69) is 46.4 Å². The molecule has 3 N–H and O–H groups in total. The summed E-state index contributed by atoms with van der Waals surface area (Å²) in [5.74, 6) is 1.38. The van der Waals surface area contributed by atoms with Gasteiger partial charge in [-0.25, -0.2) is 0 Å². The molecule has 1 aliphatic heterocycles. The predicted octanol–water partition coefficient (Wildman–Crippen LogP) is 3.69. The Labute approximate surface area is 168 Å². The lowest BCUT2D eigenvalue weighted by Crippen LogP contribution is -2.25. The second-order valence-corrected chi connectivity index (χ2v) is 7.23. The predicted molar refractivity (Wildman–Crippen MR) is 117 cm³/mol. The Hall–Kier alpha value is -2.53. The molecule has 3 rings (SSSR count). The molecule has 0 atom stereocenters. The second kappa shape index (κ2) is 10.7. The van der Waals surface area contributed by atoms with Crippen molar-refractivity contribution in [2.45, 2.75) is 32.6 Å². The number of ether oxygens (including phenoxy) is 1. The Morgan fingerprint density at radius 3 is 2.39 bits per heavy atom. The highest BCUT2D eigenvalue weighted by molar-refractivity contribution is 5.92. The maximum Gasteiger partial charge on any atom is 0.193 e. The summed E-state index contributed by atoms with van der Waals surface area (Å²) in [4.78, 5) is 6.88. The van der Waals surface area contributed by atoms with Crippen molar-refractivity contribution in [2.24, 2.45) is 10.7 Å². The number of nitrogens with zero attached hydrogens (tertiary/aromatic N) is 2. The number of rotatable bonds is 9. The lowest BCUT2D eigenvalue weighted by atomic mass is 10.1. The van der Waals surface area contributed by atoms with E-state index in [9.17, 15) is 0 Å². The van der Waals surface area contributed by atoms with E-state index >= 15 is 0 Å². The van der Waals surface area contributed by atoms with Crippen LogP contribution in [-0.2, 0) is 12.8 Å². The molecule has 0 bridgehead atoms. The Morgan fingerprint density at radius 1 is 1.04 bits per heavy atom. The van der Waals surface area contributed by atoms with Gasteiger partial charge in [-0.1, -0.05) is 31.2 Å². The fourth-order valence-electron chi connectivity index (χ4n) is 3.37. The van der Waals surface area contributed by atoms with Gasteiger partial charge in [0.15, 0.2) is 5.96 Å². The number of anilines is 1. The monoisotopic (exact) mass is 380 g/mol. The summed E-state index contributed by atoms with van der Waals surface area (Å²) in [5.41, 5.74) is 9.49. The SMILES string of the molecule is CCc1ccc(NC(N)=NCCc2ccc(OCCN3CCCC3)cc2)cc1. The molecule has 150 valence electrons. The molecular formula is C23H32N4O. The fourth-order valence-corrected chi connectivity index (χ4v) is 3.37. The van der Waals surface area contributed by atoms with Crippen LogP contribution in [0.5, 0.6) is 5.75 Å². The summed E-state index contributed by atoms with van der Waals surface area (Å²) >= 11 is 0. The van der Waals surface area contributed by atoms with Gasteiger partial charge < -0.3 is 15.8 Å². The first-order valence-corrected chi connectivity index (χ1v) is 10.3. The molecule has 0 unspecified atom stereocenters. The molecule has 0 radical (unpaired) electrons. The maximum atomic E-state index is 5.99. The minimum Gasteiger partial charge on any atom is -0.492 e. The molecular weight excluding hydrogens is 348 g/mol. The molecule has 0 spiro atoms. The summed E-state index contributed by atoms with van der Waals surface area (Å²) in [5, 5.41) is 3.14. The van der Waals surface area contributed by atoms with Crippen molar-refractivity contribution in [3.8, 4) is 5.75 Å². The smallest absolute Gasteiger partial charge is 0.193 e. The van der Waals surface area contributed by atoms with Gasteiger partial charge >= 0.3 is 0 Å². The van der Waals surface area contributed by atoms with E-state index < -0.39 is 0 Å². The Kier molecular flexibility index (Phi) is 7.73. The van der Waals surface area contributed by atoms with Crippen molar-refractivity contribution >= 4 is 11.6 Å². The van der Waals surface area contributed by atoms with Crippen molar-refractivity contribution in [2.75, 3.05) is 38.1 Å². The van der Waals surface area contributed by atoms with Crippen molar-refractivity contribution in [1.82, 2.24) is 4.90 Å². The van der Waals surface area contributed by atoms with E-state index in [-0.39, 0.29) is 0 Å². The van der Waals surface area contributed by atoms with Gasteiger partial charge in [0.2, 0.25) is 0 Å². The van der Waals surface area contributed by atoms with Crippen LogP contribution in [0, 0.1) is 0 Å². The van der Waals surface area contributed by atoms with Gasteiger partial charge in [-0.2, -0.15) is 0 Å². The summed E-state index contributed by atoms with van der Waals surface area (Å²) in [6.45, 7) is 7.00. The van der Waals surface area contributed by atoms with E-state index in [0.717, 1.165) is 37.4 Å². The maximum absolute atomic E-state index is 5.99. The fraction of sp³-hybridized carbons (Fsp3) is 0.435. The summed E-state index contributed by atoms with van der Waals surface area (Å²) in [7, 11) is 0. The molecule has 28 heavy (non-hydrogen) atoms. The first-order chi connectivity index (χ1) is 13.7. The molecule has 0 aromatic heterocycles. The molecule has 1 saturated heterocycles. The van der Waals surface area contributed by atoms with Crippen LogP contribution in [0.3, 0.4) is 0 Å². The Balaban J connectivity index is 1.37. The van der Waals surface area contributed by atoms with E-state index in [1.807, 2.05) is 24.3 Å². The van der Waals surface area contributed by atoms with Crippen molar-refractivity contribution < 1.29 is 4.74 Å². The number of nitrogens with one attached hydrogen (secondary N) is 1. The lowest BCUT2D eigenvalue weighted by molar-refractivity contribution is 0.238. The summed E-state index contributed by atoms with van der Waals surface area (Å²) < 4.78 is 5.85. The van der Waals surface area contributed by atoms with Crippen molar-refractivity contribution in [3.63, 3.8) is 0 Å². The number of guanidine groups is 1. The van der Waals surface area contributed by atoms with Gasteiger partial charge in [-0.15, -0.1) is 0 Å². The Morgan fingerprint density at radius 2 is 1.71 bits per heavy atom.